The zero-order chi connectivity index (χ0) is 17.2. The minimum absolute atomic E-state index is 0.194. The number of rotatable bonds is 6. The van der Waals surface area contributed by atoms with Crippen molar-refractivity contribution in [3.05, 3.63) is 73.0 Å². The number of sulfonamides is 1. The van der Waals surface area contributed by atoms with Gasteiger partial charge in [-0.2, -0.15) is 11.3 Å². The van der Waals surface area contributed by atoms with Crippen molar-refractivity contribution in [1.82, 2.24) is 4.72 Å². The zero-order valence-corrected chi connectivity index (χ0v) is 16.4. The number of hydrogen-bond donors (Lipinski definition) is 2. The third kappa shape index (κ3) is 4.14. The summed E-state index contributed by atoms with van der Waals surface area (Å²) in [5.74, 6) is 0. The summed E-state index contributed by atoms with van der Waals surface area (Å²) in [4.78, 5) is 1.87. The number of aliphatic hydroxyl groups is 1. The molecule has 2 aromatic heterocycles. The first-order valence-electron chi connectivity index (χ1n) is 7.00. The van der Waals surface area contributed by atoms with E-state index in [-0.39, 0.29) is 11.4 Å². The topological polar surface area (TPSA) is 66.4 Å². The minimum Gasteiger partial charge on any atom is -0.383 e. The molecule has 126 valence electrons. The van der Waals surface area contributed by atoms with Crippen LogP contribution in [0.1, 0.15) is 21.4 Å². The summed E-state index contributed by atoms with van der Waals surface area (Å²) in [6.07, 6.45) is -0.668. The van der Waals surface area contributed by atoms with Crippen LogP contribution >= 0.6 is 38.6 Å². The van der Waals surface area contributed by atoms with E-state index in [1.807, 2.05) is 29.0 Å². The van der Waals surface area contributed by atoms with E-state index < -0.39 is 16.1 Å². The third-order valence-corrected chi connectivity index (χ3v) is 7.16. The Morgan fingerprint density at radius 2 is 1.88 bits per heavy atom. The van der Waals surface area contributed by atoms with E-state index in [9.17, 15) is 13.5 Å². The molecule has 1 aromatic carbocycles. The van der Waals surface area contributed by atoms with Gasteiger partial charge < -0.3 is 5.11 Å². The Hall–Kier alpha value is -1.03. The molecule has 0 unspecified atom stereocenters. The number of thiophene rings is 2. The van der Waals surface area contributed by atoms with Crippen molar-refractivity contribution in [3.63, 3.8) is 0 Å². The van der Waals surface area contributed by atoms with Crippen LogP contribution in [-0.4, -0.2) is 13.5 Å². The van der Waals surface area contributed by atoms with Crippen LogP contribution in [0.15, 0.2) is 62.6 Å². The molecule has 1 atom stereocenters. The second-order valence-corrected chi connectivity index (χ2v) is 9.70. The lowest BCUT2D eigenvalue weighted by molar-refractivity contribution is 0.224. The SMILES string of the molecule is O=S(=O)(NCc1ccc([C@H](O)c2ccsc2)s1)c1ccc(Br)cc1. The van der Waals surface area contributed by atoms with Crippen molar-refractivity contribution in [1.29, 1.82) is 0 Å². The Morgan fingerprint density at radius 1 is 1.12 bits per heavy atom. The fraction of sp³-hybridized carbons (Fsp3) is 0.125. The first-order chi connectivity index (χ1) is 11.5. The predicted octanol–water partition coefficient (Wildman–Crippen LogP) is 4.13. The maximum Gasteiger partial charge on any atom is 0.240 e. The zero-order valence-electron chi connectivity index (χ0n) is 12.3. The number of benzene rings is 1. The van der Waals surface area contributed by atoms with E-state index in [2.05, 4.69) is 20.7 Å². The largest absolute Gasteiger partial charge is 0.383 e. The second kappa shape index (κ2) is 7.47. The van der Waals surface area contributed by atoms with Gasteiger partial charge in [0.25, 0.3) is 0 Å². The van der Waals surface area contributed by atoms with Crippen molar-refractivity contribution < 1.29 is 13.5 Å². The first kappa shape index (κ1) is 17.8. The van der Waals surface area contributed by atoms with Crippen molar-refractivity contribution in [3.8, 4) is 0 Å². The molecule has 24 heavy (non-hydrogen) atoms. The number of nitrogens with one attached hydrogen (secondary N) is 1. The molecule has 4 nitrogen and oxygen atoms in total. The van der Waals surface area contributed by atoms with E-state index in [0.717, 1.165) is 19.8 Å². The van der Waals surface area contributed by atoms with Gasteiger partial charge in [0.2, 0.25) is 10.0 Å². The molecule has 0 aliphatic heterocycles. The van der Waals surface area contributed by atoms with E-state index in [1.54, 1.807) is 24.3 Å². The summed E-state index contributed by atoms with van der Waals surface area (Å²) >= 11 is 6.21. The van der Waals surface area contributed by atoms with Crippen LogP contribution in [0.3, 0.4) is 0 Å². The lowest BCUT2D eigenvalue weighted by Gasteiger charge is -2.06. The molecular weight excluding hydrogens is 430 g/mol. The molecule has 0 radical (unpaired) electrons. The van der Waals surface area contributed by atoms with E-state index in [1.165, 1.54) is 22.7 Å². The standard InChI is InChI=1S/C16H14BrNO3S3/c17-12-1-4-14(5-2-12)24(20,21)18-9-13-3-6-15(23-13)16(19)11-7-8-22-10-11/h1-8,10,16,18-19H,9H2/t16-/m1/s1. The average Bonchev–Trinajstić information content (AvgIpc) is 3.25. The fourth-order valence-electron chi connectivity index (χ4n) is 2.09. The Kier molecular flexibility index (Phi) is 5.53. The van der Waals surface area contributed by atoms with Gasteiger partial charge in [-0.1, -0.05) is 15.9 Å². The molecule has 0 amide bonds. The van der Waals surface area contributed by atoms with Gasteiger partial charge in [0.05, 0.1) is 4.90 Å². The summed E-state index contributed by atoms with van der Waals surface area (Å²) in [5, 5.41) is 14.1. The highest BCUT2D eigenvalue weighted by Gasteiger charge is 2.16. The van der Waals surface area contributed by atoms with Crippen molar-refractivity contribution in [2.75, 3.05) is 0 Å². The summed E-state index contributed by atoms with van der Waals surface area (Å²) in [6, 6.07) is 12.0. The summed E-state index contributed by atoms with van der Waals surface area (Å²) < 4.78 is 28.0. The number of halogens is 1. The minimum atomic E-state index is -3.55. The highest BCUT2D eigenvalue weighted by molar-refractivity contribution is 9.10. The van der Waals surface area contributed by atoms with E-state index >= 15 is 0 Å². The van der Waals surface area contributed by atoms with Crippen molar-refractivity contribution >= 4 is 48.6 Å². The van der Waals surface area contributed by atoms with Gasteiger partial charge in [0.15, 0.2) is 0 Å². The molecule has 0 fully saturated rings. The first-order valence-corrected chi connectivity index (χ1v) is 11.0. The lowest BCUT2D eigenvalue weighted by atomic mass is 10.2. The maximum absolute atomic E-state index is 12.3. The Bertz CT molecular complexity index is 902. The Balaban J connectivity index is 1.68. The highest BCUT2D eigenvalue weighted by atomic mass is 79.9. The van der Waals surface area contributed by atoms with Crippen LogP contribution in [0.2, 0.25) is 0 Å². The van der Waals surface area contributed by atoms with Crippen LogP contribution in [0.25, 0.3) is 0 Å². The monoisotopic (exact) mass is 443 g/mol. The molecule has 0 aliphatic rings. The Morgan fingerprint density at radius 3 is 2.54 bits per heavy atom. The number of aliphatic hydroxyl groups excluding tert-OH is 1. The number of hydrogen-bond acceptors (Lipinski definition) is 5. The summed E-state index contributed by atoms with van der Waals surface area (Å²) in [6.45, 7) is 0.194. The van der Waals surface area contributed by atoms with Gasteiger partial charge in [0.1, 0.15) is 6.10 Å². The fourth-order valence-corrected chi connectivity index (χ4v) is 5.10. The molecule has 0 saturated heterocycles. The summed E-state index contributed by atoms with van der Waals surface area (Å²) in [5.41, 5.74) is 0.851. The quantitative estimate of drug-likeness (QED) is 0.601. The lowest BCUT2D eigenvalue weighted by Crippen LogP contribution is -2.22. The van der Waals surface area contributed by atoms with Gasteiger partial charge in [-0.15, -0.1) is 11.3 Å². The summed E-state index contributed by atoms with van der Waals surface area (Å²) in [7, 11) is -3.55. The predicted molar refractivity (Wildman–Crippen MR) is 101 cm³/mol. The van der Waals surface area contributed by atoms with E-state index in [4.69, 9.17) is 0 Å². The molecule has 0 spiro atoms. The smallest absolute Gasteiger partial charge is 0.240 e. The van der Waals surface area contributed by atoms with Gasteiger partial charge >= 0.3 is 0 Å². The molecular formula is C16H14BrNO3S3. The van der Waals surface area contributed by atoms with Gasteiger partial charge in [0, 0.05) is 20.8 Å². The molecule has 2 heterocycles. The van der Waals surface area contributed by atoms with Gasteiger partial charge in [-0.05, 0) is 58.8 Å². The average molecular weight is 444 g/mol. The molecule has 8 heteroatoms. The normalized spacial score (nSPS) is 13.1. The third-order valence-electron chi connectivity index (χ3n) is 3.37. The van der Waals surface area contributed by atoms with Gasteiger partial charge in [-0.3, -0.25) is 0 Å². The highest BCUT2D eigenvalue weighted by Crippen LogP contribution is 2.29. The molecule has 0 bridgehead atoms. The van der Waals surface area contributed by atoms with Crippen LogP contribution in [0.5, 0.6) is 0 Å². The van der Waals surface area contributed by atoms with Crippen LogP contribution in [0, 0.1) is 0 Å². The van der Waals surface area contributed by atoms with Crippen LogP contribution in [0.4, 0.5) is 0 Å². The molecule has 2 N–H and O–H groups in total. The van der Waals surface area contributed by atoms with Crippen molar-refractivity contribution in [2.24, 2.45) is 0 Å². The Labute approximate surface area is 157 Å². The van der Waals surface area contributed by atoms with Crippen LogP contribution in [-0.2, 0) is 16.6 Å². The van der Waals surface area contributed by atoms with Crippen molar-refractivity contribution in [2.45, 2.75) is 17.5 Å². The van der Waals surface area contributed by atoms with Gasteiger partial charge in [-0.25, -0.2) is 13.1 Å². The second-order valence-electron chi connectivity index (χ2n) is 5.04. The maximum atomic E-state index is 12.3. The molecule has 3 aromatic rings. The molecule has 0 saturated carbocycles. The van der Waals surface area contributed by atoms with E-state index in [0.29, 0.717) is 0 Å². The molecule has 3 rings (SSSR count). The van der Waals surface area contributed by atoms with Crippen LogP contribution < -0.4 is 4.72 Å². The molecule has 0 aliphatic carbocycles.